The number of ketones is 2. The Morgan fingerprint density at radius 1 is 1.32 bits per heavy atom. The third-order valence-electron chi connectivity index (χ3n) is 8.70. The quantitative estimate of drug-likeness (QED) is 0.755. The molecule has 2 N–H and O–H groups in total. The maximum absolute atomic E-state index is 16.9. The summed E-state index contributed by atoms with van der Waals surface area (Å²) in [5.74, 6) is -2.09. The number of halogens is 2. The lowest BCUT2D eigenvalue weighted by Crippen LogP contribution is -2.69. The van der Waals surface area contributed by atoms with Gasteiger partial charge in [-0.25, -0.2) is 8.78 Å². The average Bonchev–Trinajstić information content (AvgIpc) is 2.91. The van der Waals surface area contributed by atoms with Crippen LogP contribution in [0.25, 0.3) is 0 Å². The molecule has 154 valence electrons. The molecule has 6 heteroatoms. The number of hydrogen-bond acceptors (Lipinski definition) is 4. The van der Waals surface area contributed by atoms with Crippen molar-refractivity contribution in [1.82, 2.24) is 0 Å². The molecule has 0 aromatic rings. The summed E-state index contributed by atoms with van der Waals surface area (Å²) in [6.45, 7) is 4.10. The molecule has 0 unspecified atom stereocenters. The van der Waals surface area contributed by atoms with Crippen LogP contribution in [-0.4, -0.2) is 45.8 Å². The second-order valence-corrected chi connectivity index (χ2v) is 9.75. The highest BCUT2D eigenvalue weighted by Gasteiger charge is 2.74. The smallest absolute Gasteiger partial charge is 0.195 e. The van der Waals surface area contributed by atoms with Gasteiger partial charge in [-0.1, -0.05) is 25.5 Å². The maximum atomic E-state index is 16.9. The minimum absolute atomic E-state index is 0.0760. The predicted octanol–water partition coefficient (Wildman–Crippen LogP) is 2.87. The van der Waals surface area contributed by atoms with Crippen LogP contribution in [0.4, 0.5) is 8.78 Å². The Balaban J connectivity index is 1.84. The van der Waals surface area contributed by atoms with Crippen molar-refractivity contribution in [2.24, 2.45) is 28.6 Å². The molecule has 8 atom stereocenters. The van der Waals surface area contributed by atoms with Gasteiger partial charge in [-0.05, 0) is 56.6 Å². The van der Waals surface area contributed by atoms with Gasteiger partial charge in [-0.2, -0.15) is 0 Å². The van der Waals surface area contributed by atoms with Gasteiger partial charge in [-0.3, -0.25) is 9.59 Å². The van der Waals surface area contributed by atoms with Gasteiger partial charge in [0.1, 0.15) is 5.60 Å². The number of Topliss-reactive ketones (excluding diaryl/α,β-unsaturated/α-hetero) is 1. The topological polar surface area (TPSA) is 74.6 Å². The lowest BCUT2D eigenvalue weighted by Gasteiger charge is -2.63. The lowest BCUT2D eigenvalue weighted by atomic mass is 9.43. The minimum Gasteiger partial charge on any atom is -0.390 e. The Hall–Kier alpha value is -1.40. The van der Waals surface area contributed by atoms with Crippen LogP contribution in [0.1, 0.15) is 46.5 Å². The van der Waals surface area contributed by atoms with E-state index in [9.17, 15) is 24.2 Å². The van der Waals surface area contributed by atoms with Crippen LogP contribution in [0.15, 0.2) is 23.8 Å². The van der Waals surface area contributed by atoms with Crippen LogP contribution >= 0.6 is 0 Å². The molecule has 4 rings (SSSR count). The Kier molecular flexibility index (Phi) is 4.13. The molecule has 0 saturated heterocycles. The molecule has 0 aromatic heterocycles. The number of allylic oxidation sites excluding steroid dienone is 4. The van der Waals surface area contributed by atoms with Gasteiger partial charge >= 0.3 is 0 Å². The van der Waals surface area contributed by atoms with Crippen LogP contribution < -0.4 is 0 Å². The second kappa shape index (κ2) is 5.82. The molecule has 0 spiro atoms. The molecule has 4 aliphatic carbocycles. The van der Waals surface area contributed by atoms with Gasteiger partial charge in [0, 0.05) is 16.7 Å². The molecule has 4 aliphatic rings. The second-order valence-electron chi connectivity index (χ2n) is 9.75. The standard InChI is InChI=1S/C22H28F2O4/c1-12-8-16-14-5-7-21(28,18(27)11-23)20(14,3)10-17(26)22(16,24)19(2)6-4-13(25)9-15(12)19/h4,6,9,12,14,16-17,26,28H,5,7-8,10-11H2,1-3H3/t12-,14-,16+,17+,19+,20+,21-,22-/m0/s1. The summed E-state index contributed by atoms with van der Waals surface area (Å²) < 4.78 is 30.1. The van der Waals surface area contributed by atoms with Crippen molar-refractivity contribution < 1.29 is 28.6 Å². The van der Waals surface area contributed by atoms with E-state index >= 15 is 4.39 Å². The number of carbonyl (C=O) groups excluding carboxylic acids is 2. The molecule has 0 aromatic carbocycles. The van der Waals surface area contributed by atoms with Gasteiger partial charge in [0.25, 0.3) is 0 Å². The molecular weight excluding hydrogens is 366 g/mol. The van der Waals surface area contributed by atoms with Crippen LogP contribution in [0.3, 0.4) is 0 Å². The van der Waals surface area contributed by atoms with E-state index in [1.54, 1.807) is 19.9 Å². The Labute approximate surface area is 163 Å². The summed E-state index contributed by atoms with van der Waals surface area (Å²) in [4.78, 5) is 24.2. The van der Waals surface area contributed by atoms with Crippen molar-refractivity contribution in [3.63, 3.8) is 0 Å². The van der Waals surface area contributed by atoms with E-state index in [1.165, 1.54) is 12.2 Å². The average molecular weight is 394 g/mol. The monoisotopic (exact) mass is 394 g/mol. The first kappa shape index (κ1) is 19.9. The molecule has 3 fully saturated rings. The Morgan fingerprint density at radius 3 is 2.64 bits per heavy atom. The molecule has 0 aliphatic heterocycles. The molecule has 0 radical (unpaired) electrons. The lowest BCUT2D eigenvalue weighted by molar-refractivity contribution is -0.220. The first-order valence-electron chi connectivity index (χ1n) is 10.1. The predicted molar refractivity (Wildman–Crippen MR) is 98.8 cm³/mol. The van der Waals surface area contributed by atoms with E-state index in [2.05, 4.69) is 0 Å². The van der Waals surface area contributed by atoms with E-state index in [1.807, 2.05) is 6.92 Å². The maximum Gasteiger partial charge on any atom is 0.195 e. The summed E-state index contributed by atoms with van der Waals surface area (Å²) >= 11 is 0. The van der Waals surface area contributed by atoms with Crippen LogP contribution in [0.2, 0.25) is 0 Å². The molecular formula is C22H28F2O4. The van der Waals surface area contributed by atoms with Crippen molar-refractivity contribution in [1.29, 1.82) is 0 Å². The summed E-state index contributed by atoms with van der Waals surface area (Å²) in [6.07, 6.45) is 3.77. The summed E-state index contributed by atoms with van der Waals surface area (Å²) in [6, 6.07) is 0. The van der Waals surface area contributed by atoms with Crippen molar-refractivity contribution in [2.75, 3.05) is 6.67 Å². The first-order valence-corrected chi connectivity index (χ1v) is 10.1. The van der Waals surface area contributed by atoms with Crippen molar-refractivity contribution in [3.8, 4) is 0 Å². The normalized spacial score (nSPS) is 52.5. The van der Waals surface area contributed by atoms with E-state index in [0.717, 1.165) is 0 Å². The fraction of sp³-hybridized carbons (Fsp3) is 0.727. The number of carbonyl (C=O) groups is 2. The molecule has 0 amide bonds. The van der Waals surface area contributed by atoms with E-state index < -0.39 is 46.6 Å². The summed E-state index contributed by atoms with van der Waals surface area (Å²) in [7, 11) is 0. The highest BCUT2D eigenvalue weighted by molar-refractivity contribution is 6.01. The number of rotatable bonds is 2. The summed E-state index contributed by atoms with van der Waals surface area (Å²) in [5.41, 5.74) is -5.42. The minimum atomic E-state index is -2.02. The van der Waals surface area contributed by atoms with E-state index in [-0.39, 0.29) is 30.5 Å². The fourth-order valence-electron chi connectivity index (χ4n) is 7.17. The van der Waals surface area contributed by atoms with E-state index in [4.69, 9.17) is 0 Å². The van der Waals surface area contributed by atoms with E-state index in [0.29, 0.717) is 18.4 Å². The zero-order chi connectivity index (χ0) is 20.7. The molecule has 0 heterocycles. The number of aliphatic hydroxyl groups excluding tert-OH is 1. The zero-order valence-electron chi connectivity index (χ0n) is 16.5. The van der Waals surface area contributed by atoms with Gasteiger partial charge in [0.05, 0.1) is 6.10 Å². The third kappa shape index (κ3) is 2.06. The summed E-state index contributed by atoms with van der Waals surface area (Å²) in [5, 5.41) is 22.2. The first-order chi connectivity index (χ1) is 13.0. The number of fused-ring (bicyclic) bond motifs is 5. The Bertz CT molecular complexity index is 806. The highest BCUT2D eigenvalue weighted by atomic mass is 19.1. The van der Waals surface area contributed by atoms with Gasteiger partial charge in [0.2, 0.25) is 0 Å². The molecule has 0 bridgehead atoms. The van der Waals surface area contributed by atoms with Crippen LogP contribution in [-0.2, 0) is 9.59 Å². The van der Waals surface area contributed by atoms with Crippen LogP contribution in [0.5, 0.6) is 0 Å². The van der Waals surface area contributed by atoms with Crippen molar-refractivity contribution in [2.45, 2.75) is 63.8 Å². The SMILES string of the molecule is C[C@H]1C[C@@H]2[C@@H]3CC[C@](O)(C(=O)CF)[C@]3(C)C[C@@H](O)[C@]2(F)[C@]2(C)C=CC(=O)C=C12. The molecule has 4 nitrogen and oxygen atoms in total. The third-order valence-corrected chi connectivity index (χ3v) is 8.70. The van der Waals surface area contributed by atoms with Gasteiger partial charge < -0.3 is 10.2 Å². The molecule has 28 heavy (non-hydrogen) atoms. The number of alkyl halides is 2. The fourth-order valence-corrected chi connectivity index (χ4v) is 7.17. The van der Waals surface area contributed by atoms with Crippen LogP contribution in [0, 0.1) is 28.6 Å². The van der Waals surface area contributed by atoms with Gasteiger partial charge in [-0.15, -0.1) is 0 Å². The van der Waals surface area contributed by atoms with Gasteiger partial charge in [0.15, 0.2) is 23.9 Å². The zero-order valence-corrected chi connectivity index (χ0v) is 16.5. The van der Waals surface area contributed by atoms with Crippen molar-refractivity contribution in [3.05, 3.63) is 23.8 Å². The molecule has 3 saturated carbocycles. The Morgan fingerprint density at radius 2 is 2.00 bits per heavy atom. The largest absolute Gasteiger partial charge is 0.390 e. The number of aliphatic hydroxyl groups is 2. The highest BCUT2D eigenvalue weighted by Crippen LogP contribution is 2.70. The van der Waals surface area contributed by atoms with Crippen molar-refractivity contribution >= 4 is 11.6 Å². The number of hydrogen-bond donors (Lipinski definition) is 2.